The molecule has 5 heteroatoms. The summed E-state index contributed by atoms with van der Waals surface area (Å²) in [7, 11) is 1.23. The van der Waals surface area contributed by atoms with Crippen LogP contribution in [-0.4, -0.2) is 24.8 Å². The van der Waals surface area contributed by atoms with Crippen molar-refractivity contribution < 1.29 is 19.1 Å². The van der Waals surface area contributed by atoms with Crippen LogP contribution in [0.3, 0.4) is 0 Å². The number of rotatable bonds is 4. The predicted molar refractivity (Wildman–Crippen MR) is 58.4 cm³/mol. The first kappa shape index (κ1) is 14.1. The van der Waals surface area contributed by atoms with Crippen LogP contribution in [0.1, 0.15) is 20.8 Å². The molecule has 0 bridgehead atoms. The van der Waals surface area contributed by atoms with Crippen LogP contribution >= 0.6 is 0 Å². The second-order valence-electron chi connectivity index (χ2n) is 3.04. The average molecular weight is 225 g/mol. The minimum Gasteiger partial charge on any atom is -0.465 e. The highest BCUT2D eigenvalue weighted by Crippen LogP contribution is 2.09. The van der Waals surface area contributed by atoms with E-state index in [2.05, 4.69) is 10.1 Å². The molecule has 1 amide bonds. The second-order valence-corrected chi connectivity index (χ2v) is 3.04. The number of carbonyl (C=O) groups is 3. The van der Waals surface area contributed by atoms with Gasteiger partial charge >= 0.3 is 5.97 Å². The van der Waals surface area contributed by atoms with Crippen LogP contribution in [0.4, 0.5) is 0 Å². The maximum absolute atomic E-state index is 11.4. The molecule has 0 unspecified atom stereocenters. The summed E-state index contributed by atoms with van der Waals surface area (Å²) in [5.41, 5.74) is 0.294. The molecule has 0 saturated heterocycles. The standard InChI is InChI=1S/C11H15NO4/c1-5-9(11(15)16-4)10(6-7(2)13)12-8(3)14/h5-6H,1-4H3,(H,12,14)/b9-5+,10-6+. The van der Waals surface area contributed by atoms with Crippen LogP contribution in [0.15, 0.2) is 23.4 Å². The Morgan fingerprint density at radius 2 is 1.75 bits per heavy atom. The number of methoxy groups -OCH3 is 1. The summed E-state index contributed by atoms with van der Waals surface area (Å²) < 4.78 is 4.54. The molecule has 0 aliphatic rings. The van der Waals surface area contributed by atoms with Gasteiger partial charge in [0.25, 0.3) is 0 Å². The maximum Gasteiger partial charge on any atom is 0.339 e. The molecule has 0 aliphatic heterocycles. The summed E-state index contributed by atoms with van der Waals surface area (Å²) in [4.78, 5) is 33.2. The van der Waals surface area contributed by atoms with E-state index in [-0.39, 0.29) is 23.0 Å². The zero-order valence-corrected chi connectivity index (χ0v) is 9.79. The van der Waals surface area contributed by atoms with Crippen molar-refractivity contribution in [2.45, 2.75) is 20.8 Å². The van der Waals surface area contributed by atoms with Crippen molar-refractivity contribution in [2.75, 3.05) is 7.11 Å². The summed E-state index contributed by atoms with van der Waals surface area (Å²) in [5, 5.41) is 2.41. The number of ether oxygens (including phenoxy) is 1. The molecule has 0 radical (unpaired) electrons. The van der Waals surface area contributed by atoms with E-state index in [1.807, 2.05) is 0 Å². The lowest BCUT2D eigenvalue weighted by atomic mass is 10.1. The molecule has 0 aromatic heterocycles. The first-order valence-corrected chi connectivity index (χ1v) is 4.67. The Kier molecular flexibility index (Phi) is 5.77. The minimum absolute atomic E-state index is 0.146. The quantitative estimate of drug-likeness (QED) is 0.434. The van der Waals surface area contributed by atoms with Gasteiger partial charge in [0.05, 0.1) is 18.4 Å². The highest BCUT2D eigenvalue weighted by atomic mass is 16.5. The van der Waals surface area contributed by atoms with Crippen LogP contribution < -0.4 is 5.32 Å². The number of carbonyl (C=O) groups excluding carboxylic acids is 3. The monoisotopic (exact) mass is 225 g/mol. The first-order valence-electron chi connectivity index (χ1n) is 4.67. The molecule has 0 saturated carbocycles. The van der Waals surface area contributed by atoms with Crippen LogP contribution in [0.5, 0.6) is 0 Å². The average Bonchev–Trinajstić information content (AvgIpc) is 2.16. The largest absolute Gasteiger partial charge is 0.465 e. The molecule has 0 rings (SSSR count). The van der Waals surface area contributed by atoms with Crippen molar-refractivity contribution in [3.05, 3.63) is 23.4 Å². The Bertz CT molecular complexity index is 366. The van der Waals surface area contributed by atoms with Crippen LogP contribution in [-0.2, 0) is 19.1 Å². The maximum atomic E-state index is 11.4. The number of nitrogens with one attached hydrogen (secondary N) is 1. The number of allylic oxidation sites excluding steroid dienone is 2. The van der Waals surface area contributed by atoms with Gasteiger partial charge in [0.1, 0.15) is 0 Å². The van der Waals surface area contributed by atoms with E-state index in [0.29, 0.717) is 0 Å². The number of hydrogen-bond donors (Lipinski definition) is 1. The van der Waals surface area contributed by atoms with Gasteiger partial charge in [0, 0.05) is 13.0 Å². The molecule has 1 N–H and O–H groups in total. The van der Waals surface area contributed by atoms with E-state index in [1.54, 1.807) is 6.92 Å². The third kappa shape index (κ3) is 4.54. The smallest absolute Gasteiger partial charge is 0.339 e. The molecule has 0 heterocycles. The number of hydrogen-bond acceptors (Lipinski definition) is 4. The highest BCUT2D eigenvalue weighted by Gasteiger charge is 2.15. The Morgan fingerprint density at radius 3 is 2.06 bits per heavy atom. The molecular weight excluding hydrogens is 210 g/mol. The van der Waals surface area contributed by atoms with Gasteiger partial charge in [-0.1, -0.05) is 6.08 Å². The van der Waals surface area contributed by atoms with Gasteiger partial charge in [-0.2, -0.15) is 0 Å². The molecule has 0 atom stereocenters. The molecule has 5 nitrogen and oxygen atoms in total. The molecule has 16 heavy (non-hydrogen) atoms. The summed E-state index contributed by atoms with van der Waals surface area (Å²) in [5.74, 6) is -1.24. The Labute approximate surface area is 94.2 Å². The lowest BCUT2D eigenvalue weighted by Crippen LogP contribution is -2.24. The van der Waals surface area contributed by atoms with Crippen molar-refractivity contribution in [2.24, 2.45) is 0 Å². The van der Waals surface area contributed by atoms with E-state index >= 15 is 0 Å². The Balaban J connectivity index is 5.24. The van der Waals surface area contributed by atoms with E-state index in [0.717, 1.165) is 0 Å². The molecule has 0 fully saturated rings. The lowest BCUT2D eigenvalue weighted by Gasteiger charge is -2.09. The Hall–Kier alpha value is -1.91. The van der Waals surface area contributed by atoms with Gasteiger partial charge in [-0.05, 0) is 13.8 Å². The van der Waals surface area contributed by atoms with Gasteiger partial charge in [-0.3, -0.25) is 9.59 Å². The van der Waals surface area contributed by atoms with Gasteiger partial charge in [-0.25, -0.2) is 4.79 Å². The van der Waals surface area contributed by atoms with Gasteiger partial charge in [-0.15, -0.1) is 0 Å². The zero-order valence-electron chi connectivity index (χ0n) is 9.79. The van der Waals surface area contributed by atoms with Gasteiger partial charge < -0.3 is 10.1 Å². The Morgan fingerprint density at radius 1 is 1.19 bits per heavy atom. The number of amides is 1. The fraction of sp³-hybridized carbons (Fsp3) is 0.364. The fourth-order valence-corrected chi connectivity index (χ4v) is 1.07. The highest BCUT2D eigenvalue weighted by molar-refractivity contribution is 5.98. The minimum atomic E-state index is -0.608. The summed E-state index contributed by atoms with van der Waals surface area (Å²) in [6.45, 7) is 4.23. The van der Waals surface area contributed by atoms with Crippen LogP contribution in [0.25, 0.3) is 0 Å². The lowest BCUT2D eigenvalue weighted by molar-refractivity contribution is -0.135. The third-order valence-electron chi connectivity index (χ3n) is 1.64. The zero-order chi connectivity index (χ0) is 12.7. The van der Waals surface area contributed by atoms with Crippen molar-refractivity contribution in [3.63, 3.8) is 0 Å². The summed E-state index contributed by atoms with van der Waals surface area (Å²) in [6, 6.07) is 0. The fourth-order valence-electron chi connectivity index (χ4n) is 1.07. The number of ketones is 1. The summed E-state index contributed by atoms with van der Waals surface area (Å²) >= 11 is 0. The van der Waals surface area contributed by atoms with Crippen molar-refractivity contribution in [1.82, 2.24) is 5.32 Å². The molecular formula is C11H15NO4. The molecule has 0 spiro atoms. The SMILES string of the molecule is C/C=C(C(=O)OC)\C(=C/C(C)=O)NC(C)=O. The van der Waals surface area contributed by atoms with Gasteiger partial charge in [0.2, 0.25) is 5.91 Å². The van der Waals surface area contributed by atoms with E-state index in [9.17, 15) is 14.4 Å². The van der Waals surface area contributed by atoms with E-state index in [4.69, 9.17) is 0 Å². The molecule has 88 valence electrons. The first-order chi connectivity index (χ1) is 7.42. The number of esters is 1. The molecule has 0 aliphatic carbocycles. The predicted octanol–water partition coefficient (Wildman–Crippen LogP) is 0.715. The van der Waals surface area contributed by atoms with Crippen molar-refractivity contribution in [3.8, 4) is 0 Å². The van der Waals surface area contributed by atoms with E-state index in [1.165, 1.54) is 33.1 Å². The van der Waals surface area contributed by atoms with Crippen molar-refractivity contribution >= 4 is 17.7 Å². The third-order valence-corrected chi connectivity index (χ3v) is 1.64. The molecule has 0 aromatic carbocycles. The summed E-state index contributed by atoms with van der Waals surface area (Å²) in [6.07, 6.45) is 2.64. The van der Waals surface area contributed by atoms with Gasteiger partial charge in [0.15, 0.2) is 5.78 Å². The normalized spacial score (nSPS) is 12.0. The molecule has 0 aromatic rings. The second kappa shape index (κ2) is 6.55. The van der Waals surface area contributed by atoms with Crippen LogP contribution in [0.2, 0.25) is 0 Å². The van der Waals surface area contributed by atoms with Crippen molar-refractivity contribution in [1.29, 1.82) is 0 Å². The topological polar surface area (TPSA) is 72.5 Å². The van der Waals surface area contributed by atoms with E-state index < -0.39 is 5.97 Å². The van der Waals surface area contributed by atoms with Crippen LogP contribution in [0, 0.1) is 0 Å².